The van der Waals surface area contributed by atoms with E-state index in [-0.39, 0.29) is 59.5 Å². The lowest BCUT2D eigenvalue weighted by atomic mass is 9.94. The van der Waals surface area contributed by atoms with Crippen LogP contribution < -0.4 is 0 Å². The summed E-state index contributed by atoms with van der Waals surface area (Å²) in [5.41, 5.74) is 4.37. The maximum atomic E-state index is 14.6. The first-order valence-electron chi connectivity index (χ1n) is 32.0. The second-order valence-electron chi connectivity index (χ2n) is 25.6. The molecule has 5 unspecified atom stereocenters. The molecule has 13 atom stereocenters. The standard InChI is InChI=1S/C77H88O16/c1-76(2,3)74(78)92-70-68(86-49-59-38-24-12-25-39-59)66(84-47-57-34-20-10-21-35-57)63(52-81-45-55-30-16-8-17-31-55)89-72(70)88-53-64-67(85-48-58-36-22-11-23-37-58)69(87-50-60-40-26-13-27-41-60)71(93-75(79)77(4,5)6)73(90-64)91-65-61(83-46-56-32-18-9-19-33-56)42-43-82-62(65)51-80-44-54-28-14-7-15-29-54/h7-43,61-73H,44-53H2,1-6H3/t61-,62?,63?,64?,65-,66-,67-,68-,69+,70?,71?,72+,73+/m0/s1. The Kier molecular flexibility index (Phi) is 25.1. The average molecular weight is 1270 g/mol. The zero-order valence-electron chi connectivity index (χ0n) is 54.0. The largest absolute Gasteiger partial charge is 0.493 e. The first-order chi connectivity index (χ1) is 45.2. The van der Waals surface area contributed by atoms with Gasteiger partial charge in [-0.05, 0) is 86.6 Å². The first kappa shape index (κ1) is 68.4. The smallest absolute Gasteiger partial charge is 0.311 e. The van der Waals surface area contributed by atoms with Gasteiger partial charge in [-0.1, -0.05) is 212 Å². The highest BCUT2D eigenvalue weighted by molar-refractivity contribution is 5.76. The van der Waals surface area contributed by atoms with Crippen LogP contribution in [0, 0.1) is 10.8 Å². The highest BCUT2D eigenvalue weighted by Crippen LogP contribution is 2.38. The van der Waals surface area contributed by atoms with Crippen LogP contribution in [-0.2, 0) is 122 Å². The number of esters is 2. The van der Waals surface area contributed by atoms with Gasteiger partial charge in [0.2, 0.25) is 0 Å². The molecule has 7 aromatic carbocycles. The lowest BCUT2D eigenvalue weighted by molar-refractivity contribution is -0.356. The fourth-order valence-electron chi connectivity index (χ4n) is 10.9. The Hall–Kier alpha value is -7.42. The van der Waals surface area contributed by atoms with E-state index in [1.54, 1.807) is 53.9 Å². The third kappa shape index (κ3) is 20.3. The van der Waals surface area contributed by atoms with Crippen molar-refractivity contribution in [2.45, 2.75) is 168 Å². The summed E-state index contributed by atoms with van der Waals surface area (Å²) in [6, 6.07) is 68.5. The predicted molar refractivity (Wildman–Crippen MR) is 348 cm³/mol. The van der Waals surface area contributed by atoms with Crippen molar-refractivity contribution in [1.82, 2.24) is 0 Å². The van der Waals surface area contributed by atoms with E-state index in [0.29, 0.717) is 6.61 Å². The molecule has 93 heavy (non-hydrogen) atoms. The second kappa shape index (κ2) is 34.1. The third-order valence-electron chi connectivity index (χ3n) is 16.0. The molecule has 10 rings (SSSR count). The van der Waals surface area contributed by atoms with Gasteiger partial charge in [-0.3, -0.25) is 9.59 Å². The van der Waals surface area contributed by atoms with Crippen LogP contribution in [0.3, 0.4) is 0 Å². The van der Waals surface area contributed by atoms with Crippen LogP contribution in [-0.4, -0.2) is 111 Å². The lowest BCUT2D eigenvalue weighted by Gasteiger charge is -2.49. The van der Waals surface area contributed by atoms with E-state index in [2.05, 4.69) is 0 Å². The molecule has 16 heteroatoms. The fourth-order valence-corrected chi connectivity index (χ4v) is 10.9. The van der Waals surface area contributed by atoms with Gasteiger partial charge < -0.3 is 66.3 Å². The molecule has 3 heterocycles. The highest BCUT2D eigenvalue weighted by atomic mass is 16.8. The molecular formula is C77H88O16. The zero-order valence-corrected chi connectivity index (χ0v) is 54.0. The van der Waals surface area contributed by atoms with Crippen molar-refractivity contribution in [3.8, 4) is 0 Å². The van der Waals surface area contributed by atoms with Gasteiger partial charge in [-0.25, -0.2) is 0 Å². The van der Waals surface area contributed by atoms with Gasteiger partial charge in [0.05, 0.1) is 83.2 Å². The SMILES string of the molecule is CC(C)(C)C(=O)OC1[C@H](OCC2O[C@H](O[C@@H]3C(COCc4ccccc4)OC=C[C@@H]3OCc3ccccc3)C(OC(=O)C(C)(C)C)[C@H](OCc3ccccc3)[C@H]2OCc2ccccc2)OC(COCc2ccccc2)[C@H](OCc2ccccc2)[C@@H]1OCc1ccccc1. The Morgan fingerprint density at radius 1 is 0.333 bits per heavy atom. The van der Waals surface area contributed by atoms with Crippen molar-refractivity contribution in [3.05, 3.63) is 264 Å². The molecule has 0 radical (unpaired) electrons. The van der Waals surface area contributed by atoms with Crippen molar-refractivity contribution >= 4 is 11.9 Å². The average Bonchev–Trinajstić information content (AvgIpc) is 0.896. The number of hydrogen-bond acceptors (Lipinski definition) is 16. The van der Waals surface area contributed by atoms with Gasteiger partial charge in [0.25, 0.3) is 0 Å². The molecule has 0 amide bonds. The summed E-state index contributed by atoms with van der Waals surface area (Å²) in [5.74, 6) is -1.07. The number of ether oxygens (including phenoxy) is 14. The minimum atomic E-state index is -1.42. The van der Waals surface area contributed by atoms with E-state index in [1.807, 2.05) is 212 Å². The highest BCUT2D eigenvalue weighted by Gasteiger charge is 2.55. The van der Waals surface area contributed by atoms with Crippen LogP contribution in [0.2, 0.25) is 0 Å². The van der Waals surface area contributed by atoms with E-state index in [9.17, 15) is 9.59 Å². The molecule has 0 saturated carbocycles. The van der Waals surface area contributed by atoms with Gasteiger partial charge in [0, 0.05) is 0 Å². The number of carbonyl (C=O) groups is 2. The molecule has 16 nitrogen and oxygen atoms in total. The molecule has 0 aliphatic carbocycles. The Bertz CT molecular complexity index is 3310. The Balaban J connectivity index is 1.05. The first-order valence-corrected chi connectivity index (χ1v) is 32.0. The third-order valence-corrected chi connectivity index (χ3v) is 16.0. The summed E-state index contributed by atoms with van der Waals surface area (Å²) in [7, 11) is 0. The van der Waals surface area contributed by atoms with E-state index < -0.39 is 102 Å². The molecule has 2 saturated heterocycles. The summed E-state index contributed by atoms with van der Waals surface area (Å²) < 4.78 is 96.5. The van der Waals surface area contributed by atoms with Gasteiger partial charge in [0.1, 0.15) is 48.8 Å². The van der Waals surface area contributed by atoms with Crippen molar-refractivity contribution in [2.75, 3.05) is 19.8 Å². The maximum Gasteiger partial charge on any atom is 0.311 e. The van der Waals surface area contributed by atoms with E-state index in [1.165, 1.54) is 0 Å². The molecule has 2 fully saturated rings. The number of hydrogen-bond donors (Lipinski definition) is 0. The van der Waals surface area contributed by atoms with Crippen LogP contribution in [0.4, 0.5) is 0 Å². The van der Waals surface area contributed by atoms with Crippen LogP contribution in [0.25, 0.3) is 0 Å². The summed E-state index contributed by atoms with van der Waals surface area (Å²) >= 11 is 0. The van der Waals surface area contributed by atoms with E-state index in [4.69, 9.17) is 66.3 Å². The summed E-state index contributed by atoms with van der Waals surface area (Å²) in [6.07, 6.45) is -10.4. The maximum absolute atomic E-state index is 14.6. The summed E-state index contributed by atoms with van der Waals surface area (Å²) in [6.45, 7) is 11.7. The minimum absolute atomic E-state index is 0.0237. The van der Waals surface area contributed by atoms with Gasteiger partial charge in [-0.15, -0.1) is 0 Å². The molecule has 0 bridgehead atoms. The molecule has 3 aliphatic rings. The van der Waals surface area contributed by atoms with Crippen molar-refractivity contribution in [3.63, 3.8) is 0 Å². The van der Waals surface area contributed by atoms with Crippen LogP contribution in [0.1, 0.15) is 80.5 Å². The molecule has 3 aliphatic heterocycles. The monoisotopic (exact) mass is 1270 g/mol. The van der Waals surface area contributed by atoms with Crippen LogP contribution in [0.15, 0.2) is 225 Å². The van der Waals surface area contributed by atoms with Crippen molar-refractivity contribution in [1.29, 1.82) is 0 Å². The molecule has 492 valence electrons. The Labute approximate surface area is 547 Å². The second-order valence-corrected chi connectivity index (χ2v) is 25.6. The Morgan fingerprint density at radius 3 is 1.02 bits per heavy atom. The molecule has 0 spiro atoms. The Morgan fingerprint density at radius 2 is 0.645 bits per heavy atom. The predicted octanol–water partition coefficient (Wildman–Crippen LogP) is 13.0. The van der Waals surface area contributed by atoms with Crippen molar-refractivity contribution < 1.29 is 75.9 Å². The van der Waals surface area contributed by atoms with Gasteiger partial charge >= 0.3 is 11.9 Å². The van der Waals surface area contributed by atoms with Crippen LogP contribution in [0.5, 0.6) is 0 Å². The molecule has 0 aromatic heterocycles. The summed E-state index contributed by atoms with van der Waals surface area (Å²) in [5, 5.41) is 0. The summed E-state index contributed by atoms with van der Waals surface area (Å²) in [4.78, 5) is 29.2. The molecular weight excluding hydrogens is 1180 g/mol. The van der Waals surface area contributed by atoms with Crippen LogP contribution >= 0.6 is 0 Å². The quantitative estimate of drug-likeness (QED) is 0.0390. The molecule has 7 aromatic rings. The topological polar surface area (TPSA) is 163 Å². The van der Waals surface area contributed by atoms with Gasteiger partial charge in [-0.2, -0.15) is 0 Å². The zero-order chi connectivity index (χ0) is 64.8. The number of rotatable bonds is 30. The fraction of sp³-hybridized carbons (Fsp3) is 0.403. The normalized spacial score (nSPS) is 24.8. The van der Waals surface area contributed by atoms with Crippen molar-refractivity contribution in [2.24, 2.45) is 10.8 Å². The molecule has 0 N–H and O–H groups in total. The van der Waals surface area contributed by atoms with Gasteiger partial charge in [0.15, 0.2) is 30.9 Å². The van der Waals surface area contributed by atoms with E-state index >= 15 is 0 Å². The number of benzene rings is 7. The van der Waals surface area contributed by atoms with E-state index in [0.717, 1.165) is 38.9 Å². The minimum Gasteiger partial charge on any atom is -0.493 e. The number of carbonyl (C=O) groups excluding carboxylic acids is 2. The lowest BCUT2D eigenvalue weighted by Crippen LogP contribution is -2.65.